The van der Waals surface area contributed by atoms with Gasteiger partial charge in [-0.05, 0) is 12.1 Å². The molecule has 0 aliphatic carbocycles. The van der Waals surface area contributed by atoms with E-state index in [-0.39, 0.29) is 10.6 Å². The van der Waals surface area contributed by atoms with Crippen molar-refractivity contribution in [2.45, 2.75) is 4.90 Å². The van der Waals surface area contributed by atoms with Gasteiger partial charge in [0.05, 0.1) is 17.7 Å². The summed E-state index contributed by atoms with van der Waals surface area (Å²) in [7, 11) is -1.83. The van der Waals surface area contributed by atoms with Gasteiger partial charge in [-0.3, -0.25) is 0 Å². The molecule has 1 aromatic rings. The normalized spacial score (nSPS) is 11.2. The van der Waals surface area contributed by atoms with Crippen LogP contribution >= 0.6 is 0 Å². The highest BCUT2D eigenvalue weighted by Gasteiger charge is 2.13. The zero-order chi connectivity index (χ0) is 10.1. The van der Waals surface area contributed by atoms with E-state index >= 15 is 0 Å². The van der Waals surface area contributed by atoms with Gasteiger partial charge in [-0.2, -0.15) is 0 Å². The van der Waals surface area contributed by atoms with Gasteiger partial charge in [0.15, 0.2) is 9.84 Å². The molecule has 0 radical (unpaired) electrons. The van der Waals surface area contributed by atoms with Crippen molar-refractivity contribution >= 4 is 15.5 Å². The van der Waals surface area contributed by atoms with Crippen LogP contribution < -0.4 is 10.5 Å². The molecule has 0 unspecified atom stereocenters. The van der Waals surface area contributed by atoms with E-state index in [2.05, 4.69) is 0 Å². The van der Waals surface area contributed by atoms with Crippen LogP contribution in [0.3, 0.4) is 0 Å². The number of para-hydroxylation sites is 1. The Morgan fingerprint density at radius 2 is 2.00 bits per heavy atom. The Morgan fingerprint density at radius 1 is 1.38 bits per heavy atom. The van der Waals surface area contributed by atoms with Gasteiger partial charge in [0.25, 0.3) is 0 Å². The summed E-state index contributed by atoms with van der Waals surface area (Å²) in [6, 6.07) is 4.66. The third-order valence-electron chi connectivity index (χ3n) is 1.65. The number of methoxy groups -OCH3 is 1. The predicted molar refractivity (Wildman–Crippen MR) is 50.5 cm³/mol. The lowest BCUT2D eigenvalue weighted by Gasteiger charge is -2.07. The fraction of sp³-hybridized carbons (Fsp3) is 0.250. The van der Waals surface area contributed by atoms with E-state index in [1.165, 1.54) is 13.2 Å². The SMILES string of the molecule is COc1cccc(S(C)(=O)=O)c1N. The average Bonchev–Trinajstić information content (AvgIpc) is 2.02. The Hall–Kier alpha value is -1.23. The maximum atomic E-state index is 11.2. The Morgan fingerprint density at radius 3 is 2.46 bits per heavy atom. The summed E-state index contributed by atoms with van der Waals surface area (Å²) in [5, 5.41) is 0. The van der Waals surface area contributed by atoms with Crippen molar-refractivity contribution in [3.8, 4) is 5.75 Å². The first-order chi connectivity index (χ1) is 5.96. The van der Waals surface area contributed by atoms with Crippen LogP contribution in [0.25, 0.3) is 0 Å². The lowest BCUT2D eigenvalue weighted by Crippen LogP contribution is -2.03. The van der Waals surface area contributed by atoms with Crippen molar-refractivity contribution in [2.24, 2.45) is 0 Å². The van der Waals surface area contributed by atoms with Crippen molar-refractivity contribution in [3.63, 3.8) is 0 Å². The number of hydrogen-bond acceptors (Lipinski definition) is 4. The lowest BCUT2D eigenvalue weighted by atomic mass is 10.3. The number of rotatable bonds is 2. The van der Waals surface area contributed by atoms with Gasteiger partial charge in [0.2, 0.25) is 0 Å². The minimum absolute atomic E-state index is 0.104. The summed E-state index contributed by atoms with van der Waals surface area (Å²) in [5.41, 5.74) is 5.74. The first-order valence-corrected chi connectivity index (χ1v) is 5.48. The average molecular weight is 201 g/mol. The van der Waals surface area contributed by atoms with E-state index in [4.69, 9.17) is 10.5 Å². The standard InChI is InChI=1S/C8H11NO3S/c1-12-6-4-3-5-7(8(6)9)13(2,10)11/h3-5H,9H2,1-2H3. The van der Waals surface area contributed by atoms with Crippen LogP contribution in [0.1, 0.15) is 0 Å². The highest BCUT2D eigenvalue weighted by molar-refractivity contribution is 7.90. The second kappa shape index (κ2) is 3.26. The van der Waals surface area contributed by atoms with Crippen molar-refractivity contribution in [2.75, 3.05) is 19.1 Å². The Bertz CT molecular complexity index is 411. The first-order valence-electron chi connectivity index (χ1n) is 3.59. The molecule has 0 aliphatic heterocycles. The molecule has 72 valence electrons. The third-order valence-corrected chi connectivity index (χ3v) is 2.80. The molecule has 1 aromatic carbocycles. The topological polar surface area (TPSA) is 69.4 Å². The van der Waals surface area contributed by atoms with Gasteiger partial charge in [-0.25, -0.2) is 8.42 Å². The van der Waals surface area contributed by atoms with Crippen LogP contribution in [0.2, 0.25) is 0 Å². The maximum Gasteiger partial charge on any atom is 0.177 e. The molecule has 0 heterocycles. The summed E-state index contributed by atoms with van der Waals surface area (Å²) < 4.78 is 27.3. The van der Waals surface area contributed by atoms with Crippen LogP contribution in [0.5, 0.6) is 5.75 Å². The fourth-order valence-electron chi connectivity index (χ4n) is 1.03. The van der Waals surface area contributed by atoms with Crippen LogP contribution in [-0.2, 0) is 9.84 Å². The third kappa shape index (κ3) is 1.92. The largest absolute Gasteiger partial charge is 0.495 e. The summed E-state index contributed by atoms with van der Waals surface area (Å²) in [6.07, 6.45) is 1.11. The van der Waals surface area contributed by atoms with Crippen LogP contribution in [0.15, 0.2) is 23.1 Å². The molecule has 13 heavy (non-hydrogen) atoms. The molecule has 0 amide bonds. The second-order valence-corrected chi connectivity index (χ2v) is 4.63. The molecular formula is C8H11NO3S. The minimum Gasteiger partial charge on any atom is -0.495 e. The molecule has 5 heteroatoms. The molecule has 0 spiro atoms. The van der Waals surface area contributed by atoms with Crippen molar-refractivity contribution < 1.29 is 13.2 Å². The van der Waals surface area contributed by atoms with E-state index in [1.54, 1.807) is 12.1 Å². The van der Waals surface area contributed by atoms with Crippen molar-refractivity contribution in [3.05, 3.63) is 18.2 Å². The minimum atomic E-state index is -3.27. The van der Waals surface area contributed by atoms with Gasteiger partial charge >= 0.3 is 0 Å². The van der Waals surface area contributed by atoms with Crippen molar-refractivity contribution in [1.29, 1.82) is 0 Å². The molecule has 0 fully saturated rings. The molecule has 0 atom stereocenters. The first kappa shape index (κ1) is 9.85. The number of ether oxygens (including phenoxy) is 1. The lowest BCUT2D eigenvalue weighted by molar-refractivity contribution is 0.416. The Kier molecular flexibility index (Phi) is 2.47. The zero-order valence-corrected chi connectivity index (χ0v) is 8.26. The van der Waals surface area contributed by atoms with Gasteiger partial charge < -0.3 is 10.5 Å². The summed E-state index contributed by atoms with van der Waals surface area (Å²) >= 11 is 0. The quantitative estimate of drug-likeness (QED) is 0.714. The van der Waals surface area contributed by atoms with E-state index in [1.807, 2.05) is 0 Å². The molecule has 0 aliphatic rings. The van der Waals surface area contributed by atoms with Crippen molar-refractivity contribution in [1.82, 2.24) is 0 Å². The van der Waals surface area contributed by atoms with E-state index < -0.39 is 9.84 Å². The Labute approximate surface area is 77.2 Å². The monoisotopic (exact) mass is 201 g/mol. The number of anilines is 1. The smallest absolute Gasteiger partial charge is 0.177 e. The second-order valence-electron chi connectivity index (χ2n) is 2.64. The van der Waals surface area contributed by atoms with E-state index in [9.17, 15) is 8.42 Å². The number of benzene rings is 1. The summed E-state index contributed by atoms with van der Waals surface area (Å²) in [5.74, 6) is 0.378. The molecule has 2 N–H and O–H groups in total. The van der Waals surface area contributed by atoms with Gasteiger partial charge in [-0.15, -0.1) is 0 Å². The molecule has 0 saturated carbocycles. The highest BCUT2D eigenvalue weighted by atomic mass is 32.2. The highest BCUT2D eigenvalue weighted by Crippen LogP contribution is 2.27. The molecule has 0 saturated heterocycles. The van der Waals surface area contributed by atoms with E-state index in [0.717, 1.165) is 6.26 Å². The van der Waals surface area contributed by atoms with Crippen LogP contribution in [0, 0.1) is 0 Å². The van der Waals surface area contributed by atoms with Gasteiger partial charge in [-0.1, -0.05) is 6.07 Å². The number of nitrogen functional groups attached to an aromatic ring is 1. The molecule has 1 rings (SSSR count). The molecular weight excluding hydrogens is 190 g/mol. The maximum absolute atomic E-state index is 11.2. The summed E-state index contributed by atoms with van der Waals surface area (Å²) in [4.78, 5) is 0.104. The van der Waals surface area contributed by atoms with E-state index in [0.29, 0.717) is 5.75 Å². The number of nitrogens with two attached hydrogens (primary N) is 1. The van der Waals surface area contributed by atoms with Gasteiger partial charge in [0, 0.05) is 6.26 Å². The summed E-state index contributed by atoms with van der Waals surface area (Å²) in [6.45, 7) is 0. The number of sulfone groups is 1. The fourth-order valence-corrected chi connectivity index (χ4v) is 1.85. The number of hydrogen-bond donors (Lipinski definition) is 1. The van der Waals surface area contributed by atoms with Crippen LogP contribution in [-0.4, -0.2) is 21.8 Å². The molecule has 4 nitrogen and oxygen atoms in total. The molecule has 0 aromatic heterocycles. The van der Waals surface area contributed by atoms with Gasteiger partial charge in [0.1, 0.15) is 5.75 Å². The molecule has 0 bridgehead atoms. The van der Waals surface area contributed by atoms with Crippen LogP contribution in [0.4, 0.5) is 5.69 Å². The predicted octanol–water partition coefficient (Wildman–Crippen LogP) is 0.681. The zero-order valence-electron chi connectivity index (χ0n) is 7.44. The Balaban J connectivity index is 3.41.